The summed E-state index contributed by atoms with van der Waals surface area (Å²) in [6.45, 7) is 0.383. The van der Waals surface area contributed by atoms with Crippen molar-refractivity contribution in [2.75, 3.05) is 0 Å². The maximum atomic E-state index is 10.3. The molecule has 0 aromatic heterocycles. The number of hydrogen-bond donors (Lipinski definition) is 5. The molecule has 0 heterocycles. The first-order chi connectivity index (χ1) is 4.50. The monoisotopic (exact) mass is 343 g/mol. The Labute approximate surface area is 176 Å². The van der Waals surface area contributed by atoms with Crippen LogP contribution in [0.4, 0.5) is 0 Å². The van der Waals surface area contributed by atoms with E-state index in [0.29, 0.717) is 6.92 Å². The van der Waals surface area contributed by atoms with Crippen LogP contribution in [0.25, 0.3) is 0 Å². The molecule has 0 amide bonds. The Bertz CT molecular complexity index is 220. The maximum absolute atomic E-state index is 10.3. The van der Waals surface area contributed by atoms with Crippen molar-refractivity contribution < 1.29 is 50.6 Å². The average molecular weight is 343 g/mol. The molecule has 0 saturated carbocycles. The predicted octanol–water partition coefficient (Wildman–Crippen LogP) is -1.76. The van der Waals surface area contributed by atoms with E-state index in [1.807, 2.05) is 0 Å². The Balaban J connectivity index is -0.000000167. The fourth-order valence-corrected chi connectivity index (χ4v) is 1.53. The van der Waals surface area contributed by atoms with Gasteiger partial charge < -0.3 is 24.7 Å². The average Bonchev–Trinajstić information content (AvgIpc) is 1.58. The summed E-state index contributed by atoms with van der Waals surface area (Å²) in [6, 6.07) is 0. The molecule has 3 radical (unpaired) electrons. The van der Waals surface area contributed by atoms with Crippen LogP contribution < -0.4 is 0 Å². The van der Waals surface area contributed by atoms with Gasteiger partial charge in [-0.2, -0.15) is 0 Å². The minimum atomic E-state index is -5.20. The predicted molar refractivity (Wildman–Crippen MR) is 46.2 cm³/mol. The van der Waals surface area contributed by atoms with E-state index < -0.39 is 20.3 Å². The van der Waals surface area contributed by atoms with Crippen molar-refractivity contribution in [1.29, 1.82) is 0 Å². The van der Waals surface area contributed by atoms with E-state index in [2.05, 4.69) is 0 Å². The van der Waals surface area contributed by atoms with Crippen LogP contribution >= 0.6 is 15.2 Å². The van der Waals surface area contributed by atoms with Crippen molar-refractivity contribution in [2.24, 2.45) is 0 Å². The molecule has 0 aromatic carbocycles. The molecule has 0 fully saturated rings. The molecule has 79 valence electrons. The van der Waals surface area contributed by atoms with Crippen molar-refractivity contribution in [3.8, 4) is 0 Å². The zero-order valence-corrected chi connectivity index (χ0v) is 16.9. The molecule has 7 nitrogen and oxygen atoms in total. The van der Waals surface area contributed by atoms with E-state index in [9.17, 15) is 9.13 Å². The third-order valence-electron chi connectivity index (χ3n) is 1.10. The van der Waals surface area contributed by atoms with Crippen LogP contribution in [0, 0.1) is 0 Å². The van der Waals surface area contributed by atoms with Crippen molar-refractivity contribution in [1.82, 2.24) is 0 Å². The van der Waals surface area contributed by atoms with E-state index in [0.717, 1.165) is 0 Å². The summed E-state index contributed by atoms with van der Waals surface area (Å²) in [5, 5.41) is 5.37. The van der Waals surface area contributed by atoms with E-state index in [-0.39, 0.29) is 120 Å². The van der Waals surface area contributed by atoms with Gasteiger partial charge >= 0.3 is 15.2 Å². The van der Waals surface area contributed by atoms with E-state index in [4.69, 9.17) is 24.7 Å². The summed E-state index contributed by atoms with van der Waals surface area (Å²) in [5.74, 6) is 0. The summed E-state index contributed by atoms with van der Waals surface area (Å²) < 4.78 is 20.5. The van der Waals surface area contributed by atoms with Gasteiger partial charge in [-0.05, 0) is 6.92 Å². The summed E-state index contributed by atoms with van der Waals surface area (Å²) in [5.41, 5.74) is 0. The molecule has 0 unspecified atom stereocenters. The Kier molecular flexibility index (Phi) is 17.1. The van der Waals surface area contributed by atoms with Crippen LogP contribution in [0.15, 0.2) is 0 Å². The fourth-order valence-electron chi connectivity index (χ4n) is 0.170. The van der Waals surface area contributed by atoms with Gasteiger partial charge in [-0.15, -0.1) is 0 Å². The standard InChI is InChI=1S/C2H8O7P2.Co.2K/c1-2(3,10(4,5)6)11(7,8)9;;;/h3H,1H3,(H2,4,5,6)(H2,7,8,9);;;. The second kappa shape index (κ2) is 9.02. The second-order valence-corrected chi connectivity index (χ2v) is 6.33. The number of hydrogen-bond acceptors (Lipinski definition) is 3. The largest absolute Gasteiger partial charge is 0.369 e. The first kappa shape index (κ1) is 26.6. The van der Waals surface area contributed by atoms with Crippen LogP contribution in [0.3, 0.4) is 0 Å². The third-order valence-corrected chi connectivity index (χ3v) is 4.87. The van der Waals surface area contributed by atoms with Crippen molar-refractivity contribution in [3.05, 3.63) is 0 Å². The molecule has 12 heteroatoms. The van der Waals surface area contributed by atoms with E-state index >= 15 is 0 Å². The second-order valence-electron chi connectivity index (χ2n) is 2.06. The molecule has 5 N–H and O–H groups in total. The summed E-state index contributed by atoms with van der Waals surface area (Å²) in [6.07, 6.45) is 0. The first-order valence-electron chi connectivity index (χ1n) is 2.34. The summed E-state index contributed by atoms with van der Waals surface area (Å²) in [7, 11) is -10.4. The Morgan fingerprint density at radius 3 is 1.07 bits per heavy atom. The molecule has 0 aliphatic carbocycles. The maximum Gasteiger partial charge on any atom is 0.369 e. The Morgan fingerprint density at radius 1 is 0.929 bits per heavy atom. The zero-order valence-electron chi connectivity index (χ0n) is 7.78. The van der Waals surface area contributed by atoms with Gasteiger partial charge in [0, 0.05) is 120 Å². The van der Waals surface area contributed by atoms with Gasteiger partial charge in [0.15, 0.2) is 0 Å². The topological polar surface area (TPSA) is 135 Å². The van der Waals surface area contributed by atoms with Crippen molar-refractivity contribution >= 4 is 118 Å². The molecule has 0 rings (SSSR count). The van der Waals surface area contributed by atoms with Crippen LogP contribution in [0.5, 0.6) is 0 Å². The van der Waals surface area contributed by atoms with Gasteiger partial charge in [0.25, 0.3) is 5.08 Å². The van der Waals surface area contributed by atoms with Crippen LogP contribution in [0.1, 0.15) is 6.92 Å². The van der Waals surface area contributed by atoms with Crippen LogP contribution in [0.2, 0.25) is 0 Å². The van der Waals surface area contributed by atoms with E-state index in [1.54, 1.807) is 0 Å². The SMILES string of the molecule is CC(O)(P(=O)(O)O)P(=O)(O)O.[Co].[K].[K]. The van der Waals surface area contributed by atoms with Gasteiger partial charge in [-0.25, -0.2) is 0 Å². The number of aliphatic hydroxyl groups is 1. The molecule has 0 aliphatic heterocycles. The Hall–Kier alpha value is 4.04. The quantitative estimate of drug-likeness (QED) is 0.296. The molecular weight excluding hydrogens is 335 g/mol. The molecule has 0 spiro atoms. The molecule has 14 heavy (non-hydrogen) atoms. The summed E-state index contributed by atoms with van der Waals surface area (Å²) >= 11 is 0. The van der Waals surface area contributed by atoms with Gasteiger partial charge in [0.05, 0.1) is 0 Å². The fraction of sp³-hybridized carbons (Fsp3) is 1.00. The molecule has 0 bridgehead atoms. The summed E-state index contributed by atoms with van der Waals surface area (Å²) in [4.78, 5) is 33.0. The van der Waals surface area contributed by atoms with Crippen LogP contribution in [-0.2, 0) is 25.9 Å². The molecule has 0 atom stereocenters. The third kappa shape index (κ3) is 7.47. The van der Waals surface area contributed by atoms with Crippen molar-refractivity contribution in [3.63, 3.8) is 0 Å². The smallest absolute Gasteiger partial charge is 0.368 e. The molecule has 0 saturated heterocycles. The van der Waals surface area contributed by atoms with Crippen molar-refractivity contribution in [2.45, 2.75) is 12.0 Å². The van der Waals surface area contributed by atoms with Gasteiger partial charge in [-0.1, -0.05) is 0 Å². The Morgan fingerprint density at radius 2 is 1.07 bits per heavy atom. The van der Waals surface area contributed by atoms with E-state index in [1.165, 1.54) is 0 Å². The minimum Gasteiger partial charge on any atom is -0.368 e. The molecule has 0 aliphatic rings. The van der Waals surface area contributed by atoms with Gasteiger partial charge in [0.2, 0.25) is 0 Å². The number of rotatable bonds is 2. The molecular formula is C2H8CoK2O7P2. The van der Waals surface area contributed by atoms with Gasteiger partial charge in [0.1, 0.15) is 0 Å². The normalized spacial score (nSPS) is 11.9. The van der Waals surface area contributed by atoms with Gasteiger partial charge in [-0.3, -0.25) is 9.13 Å². The minimum absolute atomic E-state index is 0. The molecule has 0 aromatic rings. The zero-order chi connectivity index (χ0) is 9.50. The first-order valence-corrected chi connectivity index (χ1v) is 5.56. The van der Waals surface area contributed by atoms with Crippen LogP contribution in [-0.4, -0.2) is 133 Å².